The van der Waals surface area contributed by atoms with Crippen molar-refractivity contribution in [2.75, 3.05) is 26.3 Å². The van der Waals surface area contributed by atoms with Gasteiger partial charge in [0.1, 0.15) is 18.9 Å². The van der Waals surface area contributed by atoms with Crippen LogP contribution in [0.15, 0.2) is 20.9 Å². The number of ether oxygens (including phenoxy) is 4. The van der Waals surface area contributed by atoms with Gasteiger partial charge in [0.05, 0.1) is 12.6 Å². The first-order valence-electron chi connectivity index (χ1n) is 11.0. The molecule has 1 amide bonds. The fourth-order valence-electron chi connectivity index (χ4n) is 3.54. The van der Waals surface area contributed by atoms with Gasteiger partial charge in [-0.2, -0.15) is 0 Å². The van der Waals surface area contributed by atoms with E-state index >= 15 is 0 Å². The van der Waals surface area contributed by atoms with Crippen molar-refractivity contribution in [1.82, 2.24) is 14.0 Å². The zero-order chi connectivity index (χ0) is 25.4. The predicted octanol–water partition coefficient (Wildman–Crippen LogP) is 2.45. The van der Waals surface area contributed by atoms with E-state index in [0.717, 1.165) is 9.13 Å². The average molecular weight is 482 g/mol. The number of hydrogen-bond acceptors (Lipinski definition) is 9. The molecule has 1 aromatic rings. The van der Waals surface area contributed by atoms with E-state index < -0.39 is 48.1 Å². The van der Waals surface area contributed by atoms with Crippen LogP contribution in [0.5, 0.6) is 0 Å². The molecule has 14 heteroatoms. The second-order valence-corrected chi connectivity index (χ2v) is 7.46. The monoisotopic (exact) mass is 482 g/mol. The molecule has 1 aliphatic heterocycles. The van der Waals surface area contributed by atoms with E-state index in [9.17, 15) is 19.2 Å². The molecule has 1 aliphatic rings. The Morgan fingerprint density at radius 1 is 1.29 bits per heavy atom. The van der Waals surface area contributed by atoms with Gasteiger partial charge >= 0.3 is 17.9 Å². The minimum Gasteiger partial charge on any atom is -0.447 e. The molecule has 1 aromatic heterocycles. The van der Waals surface area contributed by atoms with Crippen LogP contribution < -0.4 is 11.2 Å². The van der Waals surface area contributed by atoms with E-state index in [-0.39, 0.29) is 25.2 Å². The van der Waals surface area contributed by atoms with E-state index in [1.807, 2.05) is 13.8 Å². The summed E-state index contributed by atoms with van der Waals surface area (Å²) in [5.74, 6) is 0. The molecular weight excluding hydrogens is 452 g/mol. The second-order valence-electron chi connectivity index (χ2n) is 7.46. The molecule has 4 atom stereocenters. The van der Waals surface area contributed by atoms with Gasteiger partial charge in [0, 0.05) is 36.2 Å². The van der Waals surface area contributed by atoms with Crippen LogP contribution in [0.1, 0.15) is 52.1 Å². The number of carbonyl (C=O) groups is 2. The van der Waals surface area contributed by atoms with Crippen LogP contribution in [-0.2, 0) is 18.9 Å². The highest BCUT2D eigenvalue weighted by Gasteiger charge is 2.38. The van der Waals surface area contributed by atoms with Gasteiger partial charge in [-0.25, -0.2) is 19.0 Å². The van der Waals surface area contributed by atoms with E-state index in [0.29, 0.717) is 13.1 Å². The summed E-state index contributed by atoms with van der Waals surface area (Å²) in [6, 6.07) is -0.722. The van der Waals surface area contributed by atoms with Gasteiger partial charge in [-0.3, -0.25) is 9.36 Å². The number of hydrogen-bond donors (Lipinski definition) is 0. The van der Waals surface area contributed by atoms with Gasteiger partial charge in [-0.15, -0.1) is 0 Å². The Morgan fingerprint density at radius 3 is 2.56 bits per heavy atom. The third-order valence-corrected chi connectivity index (χ3v) is 5.32. The van der Waals surface area contributed by atoms with Crippen molar-refractivity contribution in [1.29, 1.82) is 0 Å². The highest BCUT2D eigenvalue weighted by Crippen LogP contribution is 2.30. The zero-order valence-electron chi connectivity index (χ0n) is 19.9. The fraction of sp³-hybridized carbons (Fsp3) is 0.700. The number of aryl methyl sites for hydroxylation is 1. The van der Waals surface area contributed by atoms with Crippen LogP contribution in [0.25, 0.3) is 10.4 Å². The van der Waals surface area contributed by atoms with Gasteiger partial charge in [0.25, 0.3) is 5.56 Å². The predicted molar refractivity (Wildman–Crippen MR) is 118 cm³/mol. The van der Waals surface area contributed by atoms with Crippen LogP contribution in [0, 0.1) is 6.92 Å². The molecule has 2 rings (SSSR count). The first-order valence-corrected chi connectivity index (χ1v) is 11.0. The SMILES string of the molecule is CCOC(=O)OC(C)n1c(=O)c(C)cn([C@H]2C[C@H](N=[N+]=[N-])[C@@H](COC(=O)N(CC)CC)O2)c1=O. The number of rotatable bonds is 9. The van der Waals surface area contributed by atoms with Gasteiger partial charge in [0.2, 0.25) is 0 Å². The summed E-state index contributed by atoms with van der Waals surface area (Å²) in [5.41, 5.74) is 7.69. The van der Waals surface area contributed by atoms with E-state index in [1.165, 1.54) is 24.9 Å². The summed E-state index contributed by atoms with van der Waals surface area (Å²) in [5, 5.41) is 3.71. The molecule has 14 nitrogen and oxygen atoms in total. The quantitative estimate of drug-likeness (QED) is 0.224. The second kappa shape index (κ2) is 12.1. The molecule has 0 bridgehead atoms. The highest BCUT2D eigenvalue weighted by atomic mass is 16.7. The van der Waals surface area contributed by atoms with Crippen molar-refractivity contribution in [3.05, 3.63) is 43.0 Å². The number of aromatic nitrogens is 2. The van der Waals surface area contributed by atoms with Crippen LogP contribution in [-0.4, -0.2) is 64.7 Å². The van der Waals surface area contributed by atoms with Crippen molar-refractivity contribution < 1.29 is 28.5 Å². The Balaban J connectivity index is 2.31. The summed E-state index contributed by atoms with van der Waals surface area (Å²) in [6.07, 6.45) is -3.11. The van der Waals surface area contributed by atoms with Crippen molar-refractivity contribution in [2.45, 2.75) is 65.6 Å². The van der Waals surface area contributed by atoms with Gasteiger partial charge in [-0.1, -0.05) is 5.11 Å². The number of nitrogens with zero attached hydrogens (tertiary/aromatic N) is 6. The van der Waals surface area contributed by atoms with Gasteiger partial charge in [-0.05, 0) is 40.1 Å². The van der Waals surface area contributed by atoms with E-state index in [2.05, 4.69) is 10.0 Å². The minimum atomic E-state index is -1.25. The molecule has 1 fully saturated rings. The Labute approximate surface area is 195 Å². The Bertz CT molecular complexity index is 1040. The van der Waals surface area contributed by atoms with Crippen LogP contribution in [0.2, 0.25) is 0 Å². The number of amides is 1. The third-order valence-electron chi connectivity index (χ3n) is 5.32. The maximum Gasteiger partial charge on any atom is 0.510 e. The molecule has 0 saturated carbocycles. The lowest BCUT2D eigenvalue weighted by atomic mass is 10.1. The van der Waals surface area contributed by atoms with Crippen molar-refractivity contribution in [3.8, 4) is 0 Å². The molecule has 0 N–H and O–H groups in total. The minimum absolute atomic E-state index is 0.0649. The standard InChI is InChI=1S/C20H30N6O8/c1-6-24(7-2)19(29)32-11-15-14(22-23-21)9-16(34-15)25-10-12(4)17(27)26(18(25)28)13(5)33-20(30)31-8-3/h10,13-16H,6-9,11H2,1-5H3/t13?,14-,15+,16+/m0/s1. The zero-order valence-corrected chi connectivity index (χ0v) is 19.9. The summed E-state index contributed by atoms with van der Waals surface area (Å²) < 4.78 is 22.8. The maximum absolute atomic E-state index is 13.1. The molecule has 1 unspecified atom stereocenters. The third kappa shape index (κ3) is 6.08. The Hall–Kier alpha value is -3.51. The van der Waals surface area contributed by atoms with Crippen molar-refractivity contribution in [3.63, 3.8) is 0 Å². The molecule has 1 saturated heterocycles. The molecule has 188 valence electrons. The lowest BCUT2D eigenvalue weighted by Crippen LogP contribution is -2.44. The maximum atomic E-state index is 13.1. The van der Waals surface area contributed by atoms with Crippen LogP contribution in [0.3, 0.4) is 0 Å². The number of carbonyl (C=O) groups excluding carboxylic acids is 2. The lowest BCUT2D eigenvalue weighted by molar-refractivity contribution is -0.0376. The van der Waals surface area contributed by atoms with Crippen LogP contribution in [0.4, 0.5) is 9.59 Å². The summed E-state index contributed by atoms with van der Waals surface area (Å²) in [6.45, 7) is 8.87. The van der Waals surface area contributed by atoms with Crippen LogP contribution >= 0.6 is 0 Å². The Kier molecular flexibility index (Phi) is 9.51. The van der Waals surface area contributed by atoms with Crippen molar-refractivity contribution in [2.24, 2.45) is 5.11 Å². The highest BCUT2D eigenvalue weighted by molar-refractivity contribution is 5.67. The molecule has 0 aliphatic carbocycles. The summed E-state index contributed by atoms with van der Waals surface area (Å²) >= 11 is 0. The topological polar surface area (TPSA) is 167 Å². The lowest BCUT2D eigenvalue weighted by Gasteiger charge is -2.22. The summed E-state index contributed by atoms with van der Waals surface area (Å²) in [4.78, 5) is 53.9. The molecule has 0 spiro atoms. The van der Waals surface area contributed by atoms with Crippen molar-refractivity contribution >= 4 is 12.2 Å². The number of azide groups is 1. The average Bonchev–Trinajstić information content (AvgIpc) is 3.18. The molecule has 0 radical (unpaired) electrons. The van der Waals surface area contributed by atoms with E-state index in [4.69, 9.17) is 24.5 Å². The molecular formula is C20H30N6O8. The normalized spacial score (nSPS) is 20.2. The Morgan fingerprint density at radius 2 is 1.97 bits per heavy atom. The molecule has 2 heterocycles. The first-order chi connectivity index (χ1) is 16.2. The largest absolute Gasteiger partial charge is 0.510 e. The van der Waals surface area contributed by atoms with E-state index in [1.54, 1.807) is 6.92 Å². The summed E-state index contributed by atoms with van der Waals surface area (Å²) in [7, 11) is 0. The smallest absolute Gasteiger partial charge is 0.447 e. The molecule has 0 aromatic carbocycles. The fourth-order valence-corrected chi connectivity index (χ4v) is 3.54. The van der Waals surface area contributed by atoms with Gasteiger partial charge in [0.15, 0.2) is 6.23 Å². The first kappa shape index (κ1) is 26.7. The van der Waals surface area contributed by atoms with Gasteiger partial charge < -0.3 is 23.8 Å². The molecule has 34 heavy (non-hydrogen) atoms.